The standard InChI is InChI=1S/C14H16N4O3S/c1-10-3-5-12(6-4-10)22(20,21)17-14-7-16-11(2)8-18(14)9-13(15)19/h3-8H,9H2,1-2H3,(H2,15,19). The molecule has 0 unspecified atom stereocenters. The summed E-state index contributed by atoms with van der Waals surface area (Å²) in [6.45, 7) is 3.40. The van der Waals surface area contributed by atoms with Gasteiger partial charge in [0.15, 0.2) is 5.49 Å². The van der Waals surface area contributed by atoms with Crippen LogP contribution in [0.1, 0.15) is 11.3 Å². The summed E-state index contributed by atoms with van der Waals surface area (Å²) < 4.78 is 29.7. The number of sulfonamides is 1. The van der Waals surface area contributed by atoms with Gasteiger partial charge in [0.1, 0.15) is 6.54 Å². The van der Waals surface area contributed by atoms with Gasteiger partial charge < -0.3 is 10.3 Å². The molecule has 2 aromatic rings. The van der Waals surface area contributed by atoms with Crippen LogP contribution in [0.5, 0.6) is 0 Å². The molecule has 0 spiro atoms. The van der Waals surface area contributed by atoms with Crippen molar-refractivity contribution in [2.45, 2.75) is 25.3 Å². The summed E-state index contributed by atoms with van der Waals surface area (Å²) in [7, 11) is -3.89. The molecule has 1 aromatic carbocycles. The lowest BCUT2D eigenvalue weighted by atomic mass is 10.2. The lowest BCUT2D eigenvalue weighted by molar-refractivity contribution is -0.118. The van der Waals surface area contributed by atoms with Gasteiger partial charge in [-0.3, -0.25) is 9.78 Å². The topological polar surface area (TPSA) is 107 Å². The van der Waals surface area contributed by atoms with Crippen molar-refractivity contribution in [2.75, 3.05) is 0 Å². The normalized spacial score (nSPS) is 12.4. The van der Waals surface area contributed by atoms with Crippen LogP contribution >= 0.6 is 0 Å². The Hall–Kier alpha value is -2.48. The maximum Gasteiger partial charge on any atom is 0.284 e. The molecule has 0 fully saturated rings. The number of aryl methyl sites for hydroxylation is 2. The van der Waals surface area contributed by atoms with E-state index >= 15 is 0 Å². The van der Waals surface area contributed by atoms with Crippen LogP contribution < -0.4 is 11.2 Å². The minimum absolute atomic E-state index is 0.0463. The zero-order valence-electron chi connectivity index (χ0n) is 12.2. The van der Waals surface area contributed by atoms with Crippen LogP contribution in [0, 0.1) is 13.8 Å². The number of amides is 1. The molecule has 1 amide bonds. The van der Waals surface area contributed by atoms with Gasteiger partial charge in [0, 0.05) is 6.20 Å². The monoisotopic (exact) mass is 320 g/mol. The lowest BCUT2D eigenvalue weighted by Gasteiger charge is -2.06. The van der Waals surface area contributed by atoms with E-state index < -0.39 is 15.9 Å². The number of carbonyl (C=O) groups excluding carboxylic acids is 1. The molecule has 116 valence electrons. The van der Waals surface area contributed by atoms with Crippen molar-refractivity contribution >= 4 is 15.9 Å². The molecule has 0 bridgehead atoms. The van der Waals surface area contributed by atoms with Crippen LogP contribution in [0.3, 0.4) is 0 Å². The van der Waals surface area contributed by atoms with Gasteiger partial charge >= 0.3 is 0 Å². The molecule has 8 heteroatoms. The fraction of sp³-hybridized carbons (Fsp3) is 0.214. The van der Waals surface area contributed by atoms with E-state index in [1.54, 1.807) is 19.1 Å². The van der Waals surface area contributed by atoms with E-state index in [9.17, 15) is 13.2 Å². The summed E-state index contributed by atoms with van der Waals surface area (Å²) in [5.41, 5.74) is 6.77. The smallest absolute Gasteiger partial charge is 0.284 e. The molecule has 22 heavy (non-hydrogen) atoms. The number of rotatable bonds is 4. The summed E-state index contributed by atoms with van der Waals surface area (Å²) >= 11 is 0. The molecular weight excluding hydrogens is 304 g/mol. The van der Waals surface area contributed by atoms with Crippen molar-refractivity contribution in [1.82, 2.24) is 9.55 Å². The molecule has 0 aliphatic rings. The molecule has 0 aliphatic heterocycles. The molecule has 2 rings (SSSR count). The number of nitrogens with zero attached hydrogens (tertiary/aromatic N) is 3. The van der Waals surface area contributed by atoms with Crippen LogP contribution in [0.2, 0.25) is 0 Å². The quantitative estimate of drug-likeness (QED) is 0.872. The third-order valence-electron chi connectivity index (χ3n) is 2.88. The number of benzene rings is 1. The highest BCUT2D eigenvalue weighted by molar-refractivity contribution is 7.90. The van der Waals surface area contributed by atoms with Crippen LogP contribution in [0.15, 0.2) is 46.0 Å². The number of nitrogens with two attached hydrogens (primary N) is 1. The number of aromatic nitrogens is 2. The van der Waals surface area contributed by atoms with E-state index in [0.717, 1.165) is 5.56 Å². The van der Waals surface area contributed by atoms with E-state index in [0.29, 0.717) is 5.69 Å². The highest BCUT2D eigenvalue weighted by Gasteiger charge is 2.12. The number of carbonyl (C=O) groups is 1. The second kappa shape index (κ2) is 6.10. The molecule has 0 atom stereocenters. The fourth-order valence-electron chi connectivity index (χ4n) is 1.82. The summed E-state index contributed by atoms with van der Waals surface area (Å²) in [4.78, 5) is 15.2. The fourth-order valence-corrected chi connectivity index (χ4v) is 2.80. The SMILES string of the molecule is Cc1ccc(S(=O)(=O)N=c2cnc(C)cn2CC(N)=O)cc1. The van der Waals surface area contributed by atoms with Gasteiger partial charge in [-0.1, -0.05) is 17.7 Å². The highest BCUT2D eigenvalue weighted by atomic mass is 32.2. The van der Waals surface area contributed by atoms with Crippen molar-refractivity contribution in [3.05, 3.63) is 53.4 Å². The molecule has 2 N–H and O–H groups in total. The van der Waals surface area contributed by atoms with Gasteiger partial charge in [-0.05, 0) is 26.0 Å². The molecule has 1 aromatic heterocycles. The Morgan fingerprint density at radius 1 is 1.27 bits per heavy atom. The molecule has 0 aliphatic carbocycles. The lowest BCUT2D eigenvalue weighted by Crippen LogP contribution is -2.29. The van der Waals surface area contributed by atoms with Gasteiger partial charge in [0.05, 0.1) is 16.8 Å². The predicted molar refractivity (Wildman–Crippen MR) is 80.1 cm³/mol. The zero-order valence-corrected chi connectivity index (χ0v) is 13.0. The van der Waals surface area contributed by atoms with E-state index in [-0.39, 0.29) is 16.9 Å². The zero-order chi connectivity index (χ0) is 16.3. The van der Waals surface area contributed by atoms with Crippen molar-refractivity contribution in [3.63, 3.8) is 0 Å². The first-order valence-electron chi connectivity index (χ1n) is 6.47. The second-order valence-electron chi connectivity index (χ2n) is 4.86. The highest BCUT2D eigenvalue weighted by Crippen LogP contribution is 2.12. The third kappa shape index (κ3) is 3.79. The van der Waals surface area contributed by atoms with Crippen molar-refractivity contribution < 1.29 is 13.2 Å². The van der Waals surface area contributed by atoms with E-state index in [2.05, 4.69) is 9.38 Å². The van der Waals surface area contributed by atoms with Gasteiger partial charge in [0.25, 0.3) is 10.0 Å². The average molecular weight is 320 g/mol. The first-order chi connectivity index (χ1) is 10.3. The molecule has 0 saturated carbocycles. The Morgan fingerprint density at radius 2 is 1.91 bits per heavy atom. The van der Waals surface area contributed by atoms with Crippen molar-refractivity contribution in [2.24, 2.45) is 10.1 Å². The van der Waals surface area contributed by atoms with Crippen LogP contribution in [0.4, 0.5) is 0 Å². The molecule has 0 saturated heterocycles. The van der Waals surface area contributed by atoms with Crippen molar-refractivity contribution in [3.8, 4) is 0 Å². The minimum Gasteiger partial charge on any atom is -0.368 e. The molecule has 0 radical (unpaired) electrons. The van der Waals surface area contributed by atoms with Crippen LogP contribution in [-0.4, -0.2) is 23.9 Å². The maximum atomic E-state index is 12.3. The van der Waals surface area contributed by atoms with Crippen molar-refractivity contribution in [1.29, 1.82) is 0 Å². The Kier molecular flexibility index (Phi) is 4.41. The Balaban J connectivity index is 2.56. The van der Waals surface area contributed by atoms with E-state index in [1.807, 2.05) is 6.92 Å². The molecule has 7 nitrogen and oxygen atoms in total. The van der Waals surface area contributed by atoms with Gasteiger partial charge in [-0.15, -0.1) is 4.40 Å². The molecule has 1 heterocycles. The number of hydrogen-bond acceptors (Lipinski definition) is 4. The van der Waals surface area contributed by atoms with Gasteiger partial charge in [-0.2, -0.15) is 8.42 Å². The first kappa shape index (κ1) is 15.9. The van der Waals surface area contributed by atoms with Gasteiger partial charge in [0.2, 0.25) is 5.91 Å². The summed E-state index contributed by atoms with van der Waals surface area (Å²) in [6.07, 6.45) is 2.82. The van der Waals surface area contributed by atoms with Gasteiger partial charge in [-0.25, -0.2) is 0 Å². The Bertz CT molecular complexity index is 868. The largest absolute Gasteiger partial charge is 0.368 e. The first-order valence-corrected chi connectivity index (χ1v) is 7.91. The number of hydrogen-bond donors (Lipinski definition) is 1. The Labute approximate surface area is 128 Å². The maximum absolute atomic E-state index is 12.3. The average Bonchev–Trinajstić information content (AvgIpc) is 2.41. The van der Waals surface area contributed by atoms with Crippen LogP contribution in [-0.2, 0) is 21.4 Å². The number of primary amides is 1. The minimum atomic E-state index is -3.89. The summed E-state index contributed by atoms with van der Waals surface area (Å²) in [5, 5.41) is 0. The summed E-state index contributed by atoms with van der Waals surface area (Å²) in [6, 6.07) is 6.34. The third-order valence-corrected chi connectivity index (χ3v) is 4.17. The van der Waals surface area contributed by atoms with E-state index in [1.165, 1.54) is 29.1 Å². The van der Waals surface area contributed by atoms with Crippen LogP contribution in [0.25, 0.3) is 0 Å². The second-order valence-corrected chi connectivity index (χ2v) is 6.46. The summed E-state index contributed by atoms with van der Waals surface area (Å²) in [5.74, 6) is -0.597. The van der Waals surface area contributed by atoms with E-state index in [4.69, 9.17) is 5.73 Å². The predicted octanol–water partition coefficient (Wildman–Crippen LogP) is 0.275. The molecular formula is C14H16N4O3S. The Morgan fingerprint density at radius 3 is 2.50 bits per heavy atom.